The summed E-state index contributed by atoms with van der Waals surface area (Å²) in [6.07, 6.45) is 1.13. The Balaban J connectivity index is 2.61. The van der Waals surface area contributed by atoms with Crippen molar-refractivity contribution >= 4 is 28.1 Å². The number of hydrogen-bond acceptors (Lipinski definition) is 2. The highest BCUT2D eigenvalue weighted by atomic mass is 79.9. The number of benzene rings is 1. The van der Waals surface area contributed by atoms with Crippen LogP contribution in [0.15, 0.2) is 28.7 Å². The van der Waals surface area contributed by atoms with Crippen molar-refractivity contribution in [3.8, 4) is 0 Å². The van der Waals surface area contributed by atoms with Gasteiger partial charge in [0, 0.05) is 22.5 Å². The third-order valence-corrected chi connectivity index (χ3v) is 2.46. The molecule has 1 rings (SSSR count). The fourth-order valence-electron chi connectivity index (χ4n) is 1.11. The molecule has 0 saturated carbocycles. The van der Waals surface area contributed by atoms with Crippen LogP contribution in [0.3, 0.4) is 0 Å². The minimum absolute atomic E-state index is 0.126. The molecule has 3 nitrogen and oxygen atoms in total. The topological polar surface area (TPSA) is 46.2 Å². The van der Waals surface area contributed by atoms with Gasteiger partial charge in [0.1, 0.15) is 6.29 Å². The molecule has 0 aliphatic carbocycles. The third-order valence-electron chi connectivity index (χ3n) is 1.93. The molecule has 80 valence electrons. The fraction of sp³-hybridized carbons (Fsp3) is 0.273. The summed E-state index contributed by atoms with van der Waals surface area (Å²) in [5.41, 5.74) is 0.593. The van der Waals surface area contributed by atoms with E-state index in [0.29, 0.717) is 12.0 Å². The lowest BCUT2D eigenvalue weighted by molar-refractivity contribution is -0.108. The van der Waals surface area contributed by atoms with E-state index < -0.39 is 0 Å². The number of rotatable bonds is 4. The van der Waals surface area contributed by atoms with Crippen molar-refractivity contribution in [2.45, 2.75) is 19.4 Å². The van der Waals surface area contributed by atoms with E-state index in [1.165, 1.54) is 0 Å². The van der Waals surface area contributed by atoms with Crippen LogP contribution in [0.2, 0.25) is 0 Å². The van der Waals surface area contributed by atoms with Gasteiger partial charge in [0.05, 0.1) is 0 Å². The Morgan fingerprint density at radius 3 is 2.60 bits per heavy atom. The van der Waals surface area contributed by atoms with Gasteiger partial charge in [0.15, 0.2) is 0 Å². The number of nitrogens with one attached hydrogen (secondary N) is 1. The number of carbonyl (C=O) groups excluding carboxylic acids is 2. The van der Waals surface area contributed by atoms with Crippen molar-refractivity contribution in [2.24, 2.45) is 0 Å². The average molecular weight is 270 g/mol. The van der Waals surface area contributed by atoms with Crippen LogP contribution in [0.4, 0.5) is 0 Å². The van der Waals surface area contributed by atoms with Crippen molar-refractivity contribution in [3.63, 3.8) is 0 Å². The van der Waals surface area contributed by atoms with Gasteiger partial charge in [-0.3, -0.25) is 4.79 Å². The molecule has 0 fully saturated rings. The van der Waals surface area contributed by atoms with Crippen LogP contribution in [-0.2, 0) is 4.79 Å². The second-order valence-electron chi connectivity index (χ2n) is 3.28. The van der Waals surface area contributed by atoms with Crippen LogP contribution in [0.25, 0.3) is 0 Å². The molecule has 0 aliphatic heterocycles. The molecule has 1 aromatic rings. The monoisotopic (exact) mass is 269 g/mol. The van der Waals surface area contributed by atoms with Crippen molar-refractivity contribution in [3.05, 3.63) is 34.3 Å². The standard InChI is InChI=1S/C11H12BrNO2/c1-8(6-7-14)13-11(15)9-2-4-10(12)5-3-9/h2-5,7-8H,6H2,1H3,(H,13,15)/t8-/m0/s1. The first-order chi connectivity index (χ1) is 7.13. The zero-order chi connectivity index (χ0) is 11.3. The Morgan fingerprint density at radius 1 is 1.47 bits per heavy atom. The first kappa shape index (κ1) is 11.9. The Kier molecular flexibility index (Phi) is 4.49. The smallest absolute Gasteiger partial charge is 0.251 e. The quantitative estimate of drug-likeness (QED) is 0.852. The first-order valence-corrected chi connectivity index (χ1v) is 5.43. The highest BCUT2D eigenvalue weighted by Gasteiger charge is 2.08. The maximum atomic E-state index is 11.6. The molecule has 1 amide bonds. The number of halogens is 1. The van der Waals surface area contributed by atoms with E-state index in [0.717, 1.165) is 10.8 Å². The SMILES string of the molecule is C[C@@H](CC=O)NC(=O)c1ccc(Br)cc1. The molecular weight excluding hydrogens is 258 g/mol. The van der Waals surface area contributed by atoms with E-state index in [-0.39, 0.29) is 11.9 Å². The Hall–Kier alpha value is -1.16. The molecule has 0 bridgehead atoms. The van der Waals surface area contributed by atoms with Crippen molar-refractivity contribution in [1.82, 2.24) is 5.32 Å². The molecule has 1 N–H and O–H groups in total. The summed E-state index contributed by atoms with van der Waals surface area (Å²) >= 11 is 3.29. The van der Waals surface area contributed by atoms with Crippen LogP contribution < -0.4 is 5.32 Å². The van der Waals surface area contributed by atoms with Crippen molar-refractivity contribution in [2.75, 3.05) is 0 Å². The summed E-state index contributed by atoms with van der Waals surface area (Å²) in [4.78, 5) is 21.8. The summed E-state index contributed by atoms with van der Waals surface area (Å²) in [5, 5.41) is 2.73. The lowest BCUT2D eigenvalue weighted by atomic mass is 10.2. The lowest BCUT2D eigenvalue weighted by Gasteiger charge is -2.10. The van der Waals surface area contributed by atoms with Gasteiger partial charge in [-0.25, -0.2) is 0 Å². The Bertz CT molecular complexity index is 348. The van der Waals surface area contributed by atoms with Crippen LogP contribution in [0.5, 0.6) is 0 Å². The van der Waals surface area contributed by atoms with Gasteiger partial charge < -0.3 is 10.1 Å². The average Bonchev–Trinajstić information content (AvgIpc) is 2.18. The third kappa shape index (κ3) is 3.83. The molecule has 1 aromatic carbocycles. The van der Waals surface area contributed by atoms with Gasteiger partial charge in [-0.05, 0) is 31.2 Å². The van der Waals surface area contributed by atoms with Crippen LogP contribution in [-0.4, -0.2) is 18.2 Å². The second-order valence-corrected chi connectivity index (χ2v) is 4.20. The molecule has 0 aliphatic rings. The van der Waals surface area contributed by atoms with Crippen LogP contribution in [0, 0.1) is 0 Å². The predicted octanol–water partition coefficient (Wildman–Crippen LogP) is 2.16. The van der Waals surface area contributed by atoms with E-state index in [2.05, 4.69) is 21.2 Å². The number of aldehydes is 1. The molecule has 0 radical (unpaired) electrons. The summed E-state index contributed by atoms with van der Waals surface area (Å²) in [6, 6.07) is 6.94. The number of amides is 1. The number of carbonyl (C=O) groups is 2. The molecule has 1 atom stereocenters. The molecule has 0 heterocycles. The van der Waals surface area contributed by atoms with E-state index in [1.807, 2.05) is 0 Å². The molecule has 15 heavy (non-hydrogen) atoms. The summed E-state index contributed by atoms with van der Waals surface area (Å²) < 4.78 is 0.931. The van der Waals surface area contributed by atoms with E-state index >= 15 is 0 Å². The lowest BCUT2D eigenvalue weighted by Crippen LogP contribution is -2.32. The largest absolute Gasteiger partial charge is 0.349 e. The van der Waals surface area contributed by atoms with Gasteiger partial charge in [-0.2, -0.15) is 0 Å². The number of hydrogen-bond donors (Lipinski definition) is 1. The molecular formula is C11H12BrNO2. The molecule has 0 aromatic heterocycles. The van der Waals surface area contributed by atoms with Crippen LogP contribution >= 0.6 is 15.9 Å². The van der Waals surface area contributed by atoms with Crippen molar-refractivity contribution in [1.29, 1.82) is 0 Å². The summed E-state index contributed by atoms with van der Waals surface area (Å²) in [5.74, 6) is -0.156. The first-order valence-electron chi connectivity index (χ1n) is 4.63. The van der Waals surface area contributed by atoms with Gasteiger partial charge in [-0.15, -0.1) is 0 Å². The molecule has 0 spiro atoms. The molecule has 4 heteroatoms. The Morgan fingerprint density at radius 2 is 2.07 bits per heavy atom. The minimum Gasteiger partial charge on any atom is -0.349 e. The van der Waals surface area contributed by atoms with Crippen LogP contribution in [0.1, 0.15) is 23.7 Å². The van der Waals surface area contributed by atoms with Crippen molar-refractivity contribution < 1.29 is 9.59 Å². The van der Waals surface area contributed by atoms with Gasteiger partial charge in [-0.1, -0.05) is 15.9 Å². The predicted molar refractivity (Wildman–Crippen MR) is 61.8 cm³/mol. The highest BCUT2D eigenvalue weighted by molar-refractivity contribution is 9.10. The zero-order valence-electron chi connectivity index (χ0n) is 8.37. The van der Waals surface area contributed by atoms with E-state index in [9.17, 15) is 9.59 Å². The molecule has 0 unspecified atom stereocenters. The highest BCUT2D eigenvalue weighted by Crippen LogP contribution is 2.10. The van der Waals surface area contributed by atoms with Gasteiger partial charge in [0.25, 0.3) is 5.91 Å². The van der Waals surface area contributed by atoms with E-state index in [4.69, 9.17) is 0 Å². The normalized spacial score (nSPS) is 11.9. The fourth-order valence-corrected chi connectivity index (χ4v) is 1.38. The maximum absolute atomic E-state index is 11.6. The Labute approximate surface area is 97.0 Å². The maximum Gasteiger partial charge on any atom is 0.251 e. The minimum atomic E-state index is -0.156. The van der Waals surface area contributed by atoms with Gasteiger partial charge in [0.2, 0.25) is 0 Å². The van der Waals surface area contributed by atoms with E-state index in [1.54, 1.807) is 31.2 Å². The summed E-state index contributed by atoms with van der Waals surface area (Å²) in [7, 11) is 0. The molecule has 0 saturated heterocycles. The zero-order valence-corrected chi connectivity index (χ0v) is 9.95. The summed E-state index contributed by atoms with van der Waals surface area (Å²) in [6.45, 7) is 1.80. The van der Waals surface area contributed by atoms with Gasteiger partial charge >= 0.3 is 0 Å². The second kappa shape index (κ2) is 5.66.